The molecule has 1 rings (SSSR count). The summed E-state index contributed by atoms with van der Waals surface area (Å²) in [5.41, 5.74) is 0.644. The summed E-state index contributed by atoms with van der Waals surface area (Å²) >= 11 is 0. The van der Waals surface area contributed by atoms with Gasteiger partial charge in [-0.3, -0.25) is 13.8 Å². The van der Waals surface area contributed by atoms with Crippen LogP contribution in [-0.2, 0) is 26.8 Å². The Balaban J connectivity index is 2.83. The fraction of sp³-hybridized carbons (Fsp3) is 0.467. The summed E-state index contributed by atoms with van der Waals surface area (Å²) < 4.78 is 12.4. The van der Waals surface area contributed by atoms with E-state index in [-0.39, 0.29) is 12.3 Å². The fourth-order valence-corrected chi connectivity index (χ4v) is 3.15. The zero-order valence-corrected chi connectivity index (χ0v) is 13.4. The first-order valence-corrected chi connectivity index (χ1v) is 8.12. The SMILES string of the molecule is CCN(CC)C(=O)C(C)S(=O)c1ccc(CC(=O)O)cc1. The first-order chi connectivity index (χ1) is 9.90. The van der Waals surface area contributed by atoms with Crippen molar-refractivity contribution in [3.63, 3.8) is 0 Å². The third-order valence-corrected chi connectivity index (χ3v) is 4.84. The van der Waals surface area contributed by atoms with Crippen LogP contribution in [0.1, 0.15) is 26.3 Å². The number of carboxylic acid groups (broad SMARTS) is 1. The molecule has 0 bridgehead atoms. The molecule has 1 aromatic carbocycles. The van der Waals surface area contributed by atoms with Crippen LogP contribution in [0.2, 0.25) is 0 Å². The molecular formula is C15H21NO4S. The summed E-state index contributed by atoms with van der Waals surface area (Å²) in [5.74, 6) is -1.04. The van der Waals surface area contributed by atoms with Gasteiger partial charge < -0.3 is 10.0 Å². The third kappa shape index (κ3) is 4.67. The Labute approximate surface area is 127 Å². The average Bonchev–Trinajstić information content (AvgIpc) is 2.47. The van der Waals surface area contributed by atoms with Crippen molar-refractivity contribution in [2.75, 3.05) is 13.1 Å². The van der Waals surface area contributed by atoms with Crippen molar-refractivity contribution in [3.05, 3.63) is 29.8 Å². The molecule has 0 aliphatic rings. The van der Waals surface area contributed by atoms with Crippen LogP contribution < -0.4 is 0 Å². The van der Waals surface area contributed by atoms with Crippen molar-refractivity contribution in [1.29, 1.82) is 0 Å². The number of hydrogen-bond acceptors (Lipinski definition) is 3. The van der Waals surface area contributed by atoms with Gasteiger partial charge in [-0.2, -0.15) is 0 Å². The van der Waals surface area contributed by atoms with Gasteiger partial charge in [0, 0.05) is 18.0 Å². The average molecular weight is 311 g/mol. The molecule has 116 valence electrons. The van der Waals surface area contributed by atoms with E-state index < -0.39 is 22.0 Å². The lowest BCUT2D eigenvalue weighted by atomic mass is 10.2. The van der Waals surface area contributed by atoms with E-state index in [2.05, 4.69) is 0 Å². The summed E-state index contributed by atoms with van der Waals surface area (Å²) in [7, 11) is -1.44. The maximum atomic E-state index is 12.4. The second-order valence-electron chi connectivity index (χ2n) is 4.66. The Kier molecular flexibility index (Phi) is 6.55. The highest BCUT2D eigenvalue weighted by atomic mass is 32.2. The number of carbonyl (C=O) groups excluding carboxylic acids is 1. The molecule has 0 aromatic heterocycles. The highest BCUT2D eigenvalue weighted by molar-refractivity contribution is 7.86. The van der Waals surface area contributed by atoms with E-state index in [1.165, 1.54) is 0 Å². The minimum Gasteiger partial charge on any atom is -0.481 e. The zero-order chi connectivity index (χ0) is 16.0. The molecule has 1 amide bonds. The summed E-state index contributed by atoms with van der Waals surface area (Å²) in [6, 6.07) is 6.52. The molecule has 6 heteroatoms. The fourth-order valence-electron chi connectivity index (χ4n) is 2.00. The molecule has 0 fully saturated rings. The Morgan fingerprint density at radius 1 is 1.19 bits per heavy atom. The van der Waals surface area contributed by atoms with Gasteiger partial charge in [-0.05, 0) is 38.5 Å². The molecule has 0 saturated carbocycles. The molecule has 0 radical (unpaired) electrons. The smallest absolute Gasteiger partial charge is 0.307 e. The monoisotopic (exact) mass is 311 g/mol. The first-order valence-electron chi connectivity index (χ1n) is 6.90. The van der Waals surface area contributed by atoms with Crippen LogP contribution in [0.15, 0.2) is 29.2 Å². The lowest BCUT2D eigenvalue weighted by Gasteiger charge is -2.22. The summed E-state index contributed by atoms with van der Waals surface area (Å²) in [6.07, 6.45) is -0.0686. The summed E-state index contributed by atoms with van der Waals surface area (Å²) in [5, 5.41) is 8.10. The molecule has 1 N–H and O–H groups in total. The van der Waals surface area contributed by atoms with E-state index in [0.29, 0.717) is 23.5 Å². The van der Waals surface area contributed by atoms with Crippen molar-refractivity contribution in [3.8, 4) is 0 Å². The molecule has 0 aliphatic carbocycles. The lowest BCUT2D eigenvalue weighted by molar-refractivity contribution is -0.136. The van der Waals surface area contributed by atoms with Gasteiger partial charge in [-0.25, -0.2) is 0 Å². The van der Waals surface area contributed by atoms with Gasteiger partial charge >= 0.3 is 5.97 Å². The Morgan fingerprint density at radius 3 is 2.14 bits per heavy atom. The van der Waals surface area contributed by atoms with Crippen LogP contribution in [0.25, 0.3) is 0 Å². The second kappa shape index (κ2) is 7.93. The van der Waals surface area contributed by atoms with Crippen molar-refractivity contribution in [2.24, 2.45) is 0 Å². The predicted octanol–water partition coefficient (Wildman–Crippen LogP) is 1.68. The van der Waals surface area contributed by atoms with Gasteiger partial charge in [0.2, 0.25) is 5.91 Å². The molecule has 2 unspecified atom stereocenters. The minimum atomic E-state index is -1.44. The Bertz CT molecular complexity index is 523. The van der Waals surface area contributed by atoms with Crippen LogP contribution in [0.5, 0.6) is 0 Å². The quantitative estimate of drug-likeness (QED) is 0.831. The van der Waals surface area contributed by atoms with Gasteiger partial charge in [0.15, 0.2) is 0 Å². The standard InChI is InChI=1S/C15H21NO4S/c1-4-16(5-2)15(19)11(3)21(20)13-8-6-12(7-9-13)10-14(17)18/h6-9,11H,4-5,10H2,1-3H3,(H,17,18). The lowest BCUT2D eigenvalue weighted by Crippen LogP contribution is -2.39. The first kappa shape index (κ1) is 17.4. The maximum Gasteiger partial charge on any atom is 0.307 e. The van der Waals surface area contributed by atoms with Crippen LogP contribution in [-0.4, -0.2) is 44.4 Å². The van der Waals surface area contributed by atoms with Crippen LogP contribution >= 0.6 is 0 Å². The Hall–Kier alpha value is -1.69. The van der Waals surface area contributed by atoms with E-state index in [0.717, 1.165) is 0 Å². The van der Waals surface area contributed by atoms with Crippen LogP contribution in [0.3, 0.4) is 0 Å². The molecule has 5 nitrogen and oxygen atoms in total. The highest BCUT2D eigenvalue weighted by Gasteiger charge is 2.24. The van der Waals surface area contributed by atoms with Gasteiger partial charge in [0.25, 0.3) is 0 Å². The third-order valence-electron chi connectivity index (χ3n) is 3.26. The van der Waals surface area contributed by atoms with Gasteiger partial charge in [-0.1, -0.05) is 12.1 Å². The number of carbonyl (C=O) groups is 2. The van der Waals surface area contributed by atoms with E-state index >= 15 is 0 Å². The van der Waals surface area contributed by atoms with Crippen molar-refractivity contribution >= 4 is 22.7 Å². The number of nitrogens with zero attached hydrogens (tertiary/aromatic N) is 1. The van der Waals surface area contributed by atoms with E-state index in [1.54, 1.807) is 36.1 Å². The molecule has 2 atom stereocenters. The van der Waals surface area contributed by atoms with Crippen LogP contribution in [0, 0.1) is 0 Å². The molecule has 1 aromatic rings. The molecule has 0 heterocycles. The van der Waals surface area contributed by atoms with E-state index in [4.69, 9.17) is 5.11 Å². The number of carboxylic acids is 1. The molecule has 21 heavy (non-hydrogen) atoms. The zero-order valence-electron chi connectivity index (χ0n) is 12.5. The molecule has 0 spiro atoms. The highest BCUT2D eigenvalue weighted by Crippen LogP contribution is 2.15. The number of rotatable bonds is 7. The number of aliphatic carboxylic acids is 1. The molecule has 0 aliphatic heterocycles. The largest absolute Gasteiger partial charge is 0.481 e. The Morgan fingerprint density at radius 2 is 1.71 bits per heavy atom. The summed E-state index contributed by atoms with van der Waals surface area (Å²) in [6.45, 7) is 6.61. The second-order valence-corrected chi connectivity index (χ2v) is 6.44. The van der Waals surface area contributed by atoms with Gasteiger partial charge in [0.05, 0.1) is 17.2 Å². The van der Waals surface area contributed by atoms with Gasteiger partial charge in [-0.15, -0.1) is 0 Å². The van der Waals surface area contributed by atoms with Crippen molar-refractivity contribution in [2.45, 2.75) is 37.3 Å². The molecular weight excluding hydrogens is 290 g/mol. The van der Waals surface area contributed by atoms with Crippen LogP contribution in [0.4, 0.5) is 0 Å². The normalized spacial score (nSPS) is 13.5. The van der Waals surface area contributed by atoms with E-state index in [1.807, 2.05) is 13.8 Å². The van der Waals surface area contributed by atoms with Gasteiger partial charge in [0.1, 0.15) is 5.25 Å². The topological polar surface area (TPSA) is 74.7 Å². The number of amides is 1. The molecule has 0 saturated heterocycles. The number of benzene rings is 1. The maximum absolute atomic E-state index is 12.4. The summed E-state index contributed by atoms with van der Waals surface area (Å²) in [4.78, 5) is 25.0. The minimum absolute atomic E-state index is 0.0686. The van der Waals surface area contributed by atoms with Crippen molar-refractivity contribution < 1.29 is 18.9 Å². The van der Waals surface area contributed by atoms with E-state index in [9.17, 15) is 13.8 Å². The number of hydrogen-bond donors (Lipinski definition) is 1. The predicted molar refractivity (Wildman–Crippen MR) is 81.6 cm³/mol. The van der Waals surface area contributed by atoms with Crippen molar-refractivity contribution in [1.82, 2.24) is 4.90 Å².